The van der Waals surface area contributed by atoms with E-state index < -0.39 is 0 Å². The molecule has 1 aromatic carbocycles. The van der Waals surface area contributed by atoms with Crippen LogP contribution in [-0.4, -0.2) is 79.2 Å². The molecule has 0 N–H and O–H groups in total. The lowest BCUT2D eigenvalue weighted by molar-refractivity contribution is -0.131. The van der Waals surface area contributed by atoms with E-state index in [4.69, 9.17) is 4.74 Å². The molecule has 10 heteroatoms. The van der Waals surface area contributed by atoms with Crippen LogP contribution >= 0.6 is 0 Å². The minimum absolute atomic E-state index is 0.0484. The highest BCUT2D eigenvalue weighted by atomic mass is 16.5. The first kappa shape index (κ1) is 20.0. The molecular formula is C20H24N8O2. The van der Waals surface area contributed by atoms with Gasteiger partial charge in [0.25, 0.3) is 0 Å². The summed E-state index contributed by atoms with van der Waals surface area (Å²) in [7, 11) is 1.73. The molecule has 30 heavy (non-hydrogen) atoms. The van der Waals surface area contributed by atoms with Crippen LogP contribution in [0, 0.1) is 0 Å². The van der Waals surface area contributed by atoms with Gasteiger partial charge in [0.2, 0.25) is 5.91 Å². The van der Waals surface area contributed by atoms with Crippen molar-refractivity contribution < 1.29 is 9.53 Å². The maximum absolute atomic E-state index is 12.8. The topological polar surface area (TPSA) is 102 Å². The van der Waals surface area contributed by atoms with Crippen molar-refractivity contribution in [2.45, 2.75) is 19.1 Å². The Morgan fingerprint density at radius 1 is 1.20 bits per heavy atom. The molecule has 1 amide bonds. The summed E-state index contributed by atoms with van der Waals surface area (Å²) in [6, 6.07) is 9.94. The zero-order valence-electron chi connectivity index (χ0n) is 16.8. The van der Waals surface area contributed by atoms with Crippen molar-refractivity contribution in [1.29, 1.82) is 0 Å². The van der Waals surface area contributed by atoms with Gasteiger partial charge in [-0.05, 0) is 16.0 Å². The summed E-state index contributed by atoms with van der Waals surface area (Å²) in [4.78, 5) is 25.0. The van der Waals surface area contributed by atoms with E-state index >= 15 is 0 Å². The summed E-state index contributed by atoms with van der Waals surface area (Å²) in [5, 5.41) is 12.3. The number of amides is 1. The van der Waals surface area contributed by atoms with E-state index in [2.05, 4.69) is 42.5 Å². The second-order valence-corrected chi connectivity index (χ2v) is 7.10. The number of likely N-dealkylation sites (N-methyl/N-ethyl adjacent to an activating group) is 1. The van der Waals surface area contributed by atoms with Gasteiger partial charge in [0, 0.05) is 32.5 Å². The highest BCUT2D eigenvalue weighted by Gasteiger charge is 2.29. The monoisotopic (exact) mass is 408 g/mol. The number of tetrazole rings is 1. The molecule has 3 heterocycles. The lowest BCUT2D eigenvalue weighted by Gasteiger charge is -2.34. The van der Waals surface area contributed by atoms with E-state index in [-0.39, 0.29) is 18.5 Å². The van der Waals surface area contributed by atoms with Gasteiger partial charge in [0.05, 0.1) is 37.7 Å². The number of carbonyl (C=O) groups excluding carboxylic acids is 1. The molecule has 156 valence electrons. The molecule has 0 saturated carbocycles. The zero-order valence-corrected chi connectivity index (χ0v) is 16.8. The lowest BCUT2D eigenvalue weighted by atomic mass is 10.0. The van der Waals surface area contributed by atoms with Gasteiger partial charge in [-0.1, -0.05) is 30.3 Å². The molecule has 1 aliphatic rings. The number of carbonyl (C=O) groups is 1. The molecule has 1 aliphatic heterocycles. The van der Waals surface area contributed by atoms with Gasteiger partial charge >= 0.3 is 0 Å². The molecule has 2 aromatic heterocycles. The van der Waals surface area contributed by atoms with Gasteiger partial charge in [-0.2, -0.15) is 0 Å². The number of ether oxygens (including phenoxy) is 1. The number of morpholine rings is 1. The highest BCUT2D eigenvalue weighted by molar-refractivity contribution is 5.75. The molecule has 1 fully saturated rings. The Hall–Kier alpha value is -3.24. The maximum atomic E-state index is 12.8. The normalized spacial score (nSPS) is 15.6. The average molecular weight is 408 g/mol. The van der Waals surface area contributed by atoms with Gasteiger partial charge in [0.15, 0.2) is 5.82 Å². The standard InChI is InChI=1S/C20H24N8O2/c1-26(14-17-13-21-7-8-22-17)18(29)15-28-20(23-24-25-28)19(16-5-3-2-4-6-16)27-9-11-30-12-10-27/h2-8,13,19H,9-12,14-15H2,1H3. The van der Waals surface area contributed by atoms with Crippen LogP contribution < -0.4 is 0 Å². The first-order chi connectivity index (χ1) is 14.7. The van der Waals surface area contributed by atoms with E-state index in [1.165, 1.54) is 0 Å². The second kappa shape index (κ2) is 9.51. The summed E-state index contributed by atoms with van der Waals surface area (Å²) in [5.74, 6) is 0.535. The van der Waals surface area contributed by atoms with Crippen LogP contribution in [0.3, 0.4) is 0 Å². The molecule has 0 spiro atoms. The maximum Gasteiger partial charge on any atom is 0.244 e. The molecule has 0 radical (unpaired) electrons. The Morgan fingerprint density at radius 2 is 2.00 bits per heavy atom. The largest absolute Gasteiger partial charge is 0.379 e. The fourth-order valence-electron chi connectivity index (χ4n) is 3.51. The SMILES string of the molecule is CN(Cc1cnccn1)C(=O)Cn1nnnc1C(c1ccccc1)N1CCOCC1. The number of nitrogens with zero attached hydrogens (tertiary/aromatic N) is 8. The minimum Gasteiger partial charge on any atom is -0.379 e. The van der Waals surface area contributed by atoms with Crippen molar-refractivity contribution in [3.8, 4) is 0 Å². The van der Waals surface area contributed by atoms with Crippen molar-refractivity contribution in [2.75, 3.05) is 33.4 Å². The average Bonchev–Trinajstić information content (AvgIpc) is 3.23. The van der Waals surface area contributed by atoms with Gasteiger partial charge < -0.3 is 9.64 Å². The number of aromatic nitrogens is 6. The summed E-state index contributed by atoms with van der Waals surface area (Å²) < 4.78 is 7.10. The van der Waals surface area contributed by atoms with Crippen molar-refractivity contribution in [3.63, 3.8) is 0 Å². The lowest BCUT2D eigenvalue weighted by Crippen LogP contribution is -2.41. The van der Waals surface area contributed by atoms with E-state index in [0.29, 0.717) is 25.6 Å². The third-order valence-electron chi connectivity index (χ3n) is 5.06. The first-order valence-electron chi connectivity index (χ1n) is 9.84. The Kier molecular flexibility index (Phi) is 6.35. The molecule has 0 bridgehead atoms. The smallest absolute Gasteiger partial charge is 0.244 e. The molecular weight excluding hydrogens is 384 g/mol. The van der Waals surface area contributed by atoms with E-state index in [0.717, 1.165) is 24.3 Å². The molecule has 3 aromatic rings. The fourth-order valence-corrected chi connectivity index (χ4v) is 3.51. The van der Waals surface area contributed by atoms with E-state index in [1.54, 1.807) is 35.2 Å². The van der Waals surface area contributed by atoms with Gasteiger partial charge in [-0.15, -0.1) is 5.10 Å². The summed E-state index contributed by atoms with van der Waals surface area (Å²) in [6.07, 6.45) is 4.87. The van der Waals surface area contributed by atoms with Crippen LogP contribution in [-0.2, 0) is 22.6 Å². The van der Waals surface area contributed by atoms with Crippen LogP contribution in [0.5, 0.6) is 0 Å². The fraction of sp³-hybridized carbons (Fsp3) is 0.400. The number of hydrogen-bond donors (Lipinski definition) is 0. The van der Waals surface area contributed by atoms with Gasteiger partial charge in [-0.25, -0.2) is 4.68 Å². The zero-order chi connectivity index (χ0) is 20.8. The molecule has 10 nitrogen and oxygen atoms in total. The molecule has 1 saturated heterocycles. The molecule has 0 aliphatic carbocycles. The van der Waals surface area contributed by atoms with E-state index in [9.17, 15) is 4.79 Å². The minimum atomic E-state index is -0.150. The second-order valence-electron chi connectivity index (χ2n) is 7.10. The Bertz CT molecular complexity index is 944. The van der Waals surface area contributed by atoms with Crippen molar-refractivity contribution in [3.05, 3.63) is 66.0 Å². The highest BCUT2D eigenvalue weighted by Crippen LogP contribution is 2.27. The van der Waals surface area contributed by atoms with Crippen LogP contribution in [0.25, 0.3) is 0 Å². The van der Waals surface area contributed by atoms with Crippen LogP contribution in [0.1, 0.15) is 23.1 Å². The Labute approximate surface area is 174 Å². The van der Waals surface area contributed by atoms with Gasteiger partial charge in [0.1, 0.15) is 6.54 Å². The molecule has 1 atom stereocenters. The third kappa shape index (κ3) is 4.66. The van der Waals surface area contributed by atoms with Crippen molar-refractivity contribution in [2.24, 2.45) is 0 Å². The predicted molar refractivity (Wildman–Crippen MR) is 107 cm³/mol. The first-order valence-corrected chi connectivity index (χ1v) is 9.84. The number of benzene rings is 1. The molecule has 1 unspecified atom stereocenters. The quantitative estimate of drug-likeness (QED) is 0.558. The van der Waals surface area contributed by atoms with Gasteiger partial charge in [-0.3, -0.25) is 19.7 Å². The predicted octanol–water partition coefficient (Wildman–Crippen LogP) is 0.543. The van der Waals surface area contributed by atoms with Crippen molar-refractivity contribution >= 4 is 5.91 Å². The Balaban J connectivity index is 1.54. The summed E-state index contributed by atoms with van der Waals surface area (Å²) in [5.41, 5.74) is 1.80. The van der Waals surface area contributed by atoms with E-state index in [1.807, 2.05) is 18.2 Å². The molecule has 4 rings (SSSR count). The van der Waals surface area contributed by atoms with Crippen LogP contribution in [0.15, 0.2) is 48.9 Å². The van der Waals surface area contributed by atoms with Crippen LogP contribution in [0.4, 0.5) is 0 Å². The third-order valence-corrected chi connectivity index (χ3v) is 5.06. The summed E-state index contributed by atoms with van der Waals surface area (Å²) >= 11 is 0. The Morgan fingerprint density at radius 3 is 2.73 bits per heavy atom. The van der Waals surface area contributed by atoms with Crippen LogP contribution in [0.2, 0.25) is 0 Å². The number of rotatable bonds is 7. The van der Waals surface area contributed by atoms with Crippen molar-refractivity contribution in [1.82, 2.24) is 40.0 Å². The summed E-state index contributed by atoms with van der Waals surface area (Å²) in [6.45, 7) is 3.28. The number of hydrogen-bond acceptors (Lipinski definition) is 8.